The van der Waals surface area contributed by atoms with E-state index in [4.69, 9.17) is 14.7 Å². The molecular formula is C20H24N4O4. The zero-order chi connectivity index (χ0) is 20.3. The molecule has 3 atom stereocenters. The molecule has 3 unspecified atom stereocenters. The second-order valence-corrected chi connectivity index (χ2v) is 7.17. The molecular weight excluding hydrogens is 360 g/mol. The molecule has 1 fully saturated rings. The van der Waals surface area contributed by atoms with Crippen molar-refractivity contribution < 1.29 is 19.1 Å². The van der Waals surface area contributed by atoms with Crippen LogP contribution in [0.1, 0.15) is 43.0 Å². The van der Waals surface area contributed by atoms with Gasteiger partial charge in [-0.2, -0.15) is 5.26 Å². The van der Waals surface area contributed by atoms with Crippen LogP contribution < -0.4 is 4.90 Å². The summed E-state index contributed by atoms with van der Waals surface area (Å²) in [6.45, 7) is 2.11. The highest BCUT2D eigenvalue weighted by Crippen LogP contribution is 2.36. The van der Waals surface area contributed by atoms with E-state index in [-0.39, 0.29) is 24.5 Å². The van der Waals surface area contributed by atoms with Crippen molar-refractivity contribution in [1.82, 2.24) is 9.97 Å². The summed E-state index contributed by atoms with van der Waals surface area (Å²) in [7, 11) is 3.33. The lowest BCUT2D eigenvalue weighted by atomic mass is 9.82. The summed E-state index contributed by atoms with van der Waals surface area (Å²) in [4.78, 5) is 33.4. The van der Waals surface area contributed by atoms with Crippen molar-refractivity contribution in [3.63, 3.8) is 0 Å². The third-order valence-corrected chi connectivity index (χ3v) is 5.41. The van der Waals surface area contributed by atoms with Gasteiger partial charge in [0.2, 0.25) is 0 Å². The summed E-state index contributed by atoms with van der Waals surface area (Å²) in [5.41, 5.74) is 1.92. The number of nitriles is 1. The number of pyridine rings is 1. The van der Waals surface area contributed by atoms with E-state index in [9.17, 15) is 9.59 Å². The van der Waals surface area contributed by atoms with Gasteiger partial charge in [0.05, 0.1) is 18.9 Å². The second-order valence-electron chi connectivity index (χ2n) is 7.17. The van der Waals surface area contributed by atoms with Crippen molar-refractivity contribution in [2.75, 3.05) is 19.1 Å². The lowest BCUT2D eigenvalue weighted by Gasteiger charge is -2.40. The van der Waals surface area contributed by atoms with Crippen LogP contribution in [0.15, 0.2) is 18.5 Å². The van der Waals surface area contributed by atoms with Crippen molar-refractivity contribution in [1.29, 1.82) is 5.26 Å². The van der Waals surface area contributed by atoms with Crippen molar-refractivity contribution in [3.8, 4) is 6.07 Å². The smallest absolute Gasteiger partial charge is 0.341 e. The molecule has 0 amide bonds. The molecule has 8 nitrogen and oxygen atoms in total. The van der Waals surface area contributed by atoms with E-state index < -0.39 is 11.9 Å². The molecule has 2 aromatic heterocycles. The standard InChI is InChI=1S/C20H24N4O4/c1-12-10-13(28-17(25)6-8-21)4-5-16(12)24(2)18-14-7-9-22-19(14)23-11-15(18)20(26)27-3/h7,9,11-13,16H,4-6,10H2,1-3H3,(H,22,23). The molecule has 1 aliphatic rings. The molecule has 0 aromatic carbocycles. The quantitative estimate of drug-likeness (QED) is 0.790. The molecule has 0 saturated heterocycles. The molecule has 0 spiro atoms. The van der Waals surface area contributed by atoms with Crippen LogP contribution in [-0.2, 0) is 14.3 Å². The predicted octanol–water partition coefficient (Wildman–Crippen LogP) is 2.80. The highest BCUT2D eigenvalue weighted by molar-refractivity contribution is 6.04. The van der Waals surface area contributed by atoms with Crippen LogP contribution >= 0.6 is 0 Å². The fourth-order valence-electron chi connectivity index (χ4n) is 4.10. The maximum absolute atomic E-state index is 12.3. The Kier molecular flexibility index (Phi) is 5.83. The van der Waals surface area contributed by atoms with Gasteiger partial charge in [-0.15, -0.1) is 0 Å². The van der Waals surface area contributed by atoms with E-state index in [1.54, 1.807) is 6.20 Å². The lowest BCUT2D eigenvalue weighted by Crippen LogP contribution is -2.43. The van der Waals surface area contributed by atoms with E-state index in [1.165, 1.54) is 13.3 Å². The van der Waals surface area contributed by atoms with Crippen molar-refractivity contribution in [2.24, 2.45) is 5.92 Å². The molecule has 1 aliphatic carbocycles. The van der Waals surface area contributed by atoms with Crippen molar-refractivity contribution >= 4 is 28.7 Å². The van der Waals surface area contributed by atoms with Crippen LogP contribution in [0, 0.1) is 17.2 Å². The van der Waals surface area contributed by atoms with Gasteiger partial charge < -0.3 is 19.4 Å². The Balaban J connectivity index is 1.84. The number of hydrogen-bond acceptors (Lipinski definition) is 7. The lowest BCUT2D eigenvalue weighted by molar-refractivity contribution is -0.150. The molecule has 28 heavy (non-hydrogen) atoms. The van der Waals surface area contributed by atoms with Gasteiger partial charge in [0.1, 0.15) is 23.7 Å². The summed E-state index contributed by atoms with van der Waals surface area (Å²) in [5, 5.41) is 9.48. The minimum atomic E-state index is -0.470. The first kappa shape index (κ1) is 19.7. The summed E-state index contributed by atoms with van der Waals surface area (Å²) in [6, 6.07) is 3.88. The molecule has 3 rings (SSSR count). The first-order valence-electron chi connectivity index (χ1n) is 9.30. The monoisotopic (exact) mass is 384 g/mol. The Hall–Kier alpha value is -3.08. The van der Waals surface area contributed by atoms with Crippen LogP contribution in [0.5, 0.6) is 0 Å². The van der Waals surface area contributed by atoms with Crippen molar-refractivity contribution in [2.45, 2.75) is 44.8 Å². The molecule has 148 valence electrons. The highest BCUT2D eigenvalue weighted by Gasteiger charge is 2.34. The summed E-state index contributed by atoms with van der Waals surface area (Å²) < 4.78 is 10.4. The maximum atomic E-state index is 12.3. The first-order chi connectivity index (χ1) is 13.5. The molecule has 0 bridgehead atoms. The van der Waals surface area contributed by atoms with E-state index >= 15 is 0 Å². The summed E-state index contributed by atoms with van der Waals surface area (Å²) in [5.74, 6) is -0.668. The number of methoxy groups -OCH3 is 1. The SMILES string of the molecule is COC(=O)c1cnc2[nH]ccc2c1N(C)C1CCC(OC(=O)CC#N)CC1C. The minimum Gasteiger partial charge on any atom is -0.465 e. The molecule has 2 aromatic rings. The van der Waals surface area contributed by atoms with E-state index in [1.807, 2.05) is 19.2 Å². The number of aromatic nitrogens is 2. The minimum absolute atomic E-state index is 0.162. The fourth-order valence-corrected chi connectivity index (χ4v) is 4.10. The van der Waals surface area contributed by atoms with Gasteiger partial charge in [-0.3, -0.25) is 4.79 Å². The zero-order valence-electron chi connectivity index (χ0n) is 16.3. The predicted molar refractivity (Wildman–Crippen MR) is 103 cm³/mol. The van der Waals surface area contributed by atoms with Gasteiger partial charge in [0, 0.05) is 30.9 Å². The summed E-state index contributed by atoms with van der Waals surface area (Å²) in [6.07, 6.45) is 5.16. The Labute approximate surface area is 163 Å². The summed E-state index contributed by atoms with van der Waals surface area (Å²) >= 11 is 0. The van der Waals surface area contributed by atoms with E-state index in [0.29, 0.717) is 24.1 Å². The van der Waals surface area contributed by atoms with Crippen LogP contribution in [0.2, 0.25) is 0 Å². The number of esters is 2. The van der Waals surface area contributed by atoms with Crippen LogP contribution in [0.3, 0.4) is 0 Å². The number of H-pyrrole nitrogens is 1. The number of aromatic amines is 1. The number of nitrogens with zero attached hydrogens (tertiary/aromatic N) is 3. The van der Waals surface area contributed by atoms with E-state index in [0.717, 1.165) is 17.5 Å². The van der Waals surface area contributed by atoms with Crippen LogP contribution in [0.25, 0.3) is 11.0 Å². The van der Waals surface area contributed by atoms with Crippen LogP contribution in [-0.4, -0.2) is 48.2 Å². The Morgan fingerprint density at radius 3 is 2.89 bits per heavy atom. The number of anilines is 1. The molecule has 1 N–H and O–H groups in total. The number of fused-ring (bicyclic) bond motifs is 1. The average Bonchev–Trinajstić information content (AvgIpc) is 3.15. The fraction of sp³-hybridized carbons (Fsp3) is 0.500. The van der Waals surface area contributed by atoms with Gasteiger partial charge in [-0.25, -0.2) is 9.78 Å². The largest absolute Gasteiger partial charge is 0.465 e. The van der Waals surface area contributed by atoms with Gasteiger partial charge in [-0.1, -0.05) is 6.92 Å². The van der Waals surface area contributed by atoms with Gasteiger partial charge in [0.15, 0.2) is 0 Å². The first-order valence-corrected chi connectivity index (χ1v) is 9.30. The molecule has 2 heterocycles. The van der Waals surface area contributed by atoms with Crippen molar-refractivity contribution in [3.05, 3.63) is 24.0 Å². The number of nitrogens with one attached hydrogen (secondary N) is 1. The number of ether oxygens (including phenoxy) is 2. The normalized spacial score (nSPS) is 21.7. The average molecular weight is 384 g/mol. The zero-order valence-corrected chi connectivity index (χ0v) is 16.3. The Morgan fingerprint density at radius 1 is 1.43 bits per heavy atom. The number of carbonyl (C=O) groups excluding carboxylic acids is 2. The maximum Gasteiger partial charge on any atom is 0.341 e. The van der Waals surface area contributed by atoms with Crippen LogP contribution in [0.4, 0.5) is 5.69 Å². The molecule has 0 radical (unpaired) electrons. The molecule has 0 aliphatic heterocycles. The topological polar surface area (TPSA) is 108 Å². The highest BCUT2D eigenvalue weighted by atomic mass is 16.5. The Bertz CT molecular complexity index is 917. The number of carbonyl (C=O) groups is 2. The third kappa shape index (κ3) is 3.79. The van der Waals surface area contributed by atoms with Gasteiger partial charge in [-0.05, 0) is 31.2 Å². The molecule has 8 heteroatoms. The molecule has 1 saturated carbocycles. The Morgan fingerprint density at radius 2 is 2.21 bits per heavy atom. The van der Waals surface area contributed by atoms with Gasteiger partial charge in [0.25, 0.3) is 0 Å². The second kappa shape index (κ2) is 8.30. The third-order valence-electron chi connectivity index (χ3n) is 5.41. The number of hydrogen-bond donors (Lipinski definition) is 1. The number of rotatable bonds is 5. The van der Waals surface area contributed by atoms with Gasteiger partial charge >= 0.3 is 11.9 Å². The van der Waals surface area contributed by atoms with E-state index in [2.05, 4.69) is 21.8 Å².